The summed E-state index contributed by atoms with van der Waals surface area (Å²) in [6, 6.07) is 5.99. The molecular formula is C24H42IN5O. The highest BCUT2D eigenvalue weighted by atomic mass is 127. The highest BCUT2D eigenvalue weighted by Gasteiger charge is 2.28. The number of hydrogen-bond acceptors (Lipinski definition) is 4. The smallest absolute Gasteiger partial charge is 0.191 e. The van der Waals surface area contributed by atoms with E-state index in [9.17, 15) is 0 Å². The standard InChI is InChI=1S/C24H41N5O.HI/c1-2-28-15-5-9-22(28)19-26-24(25-14-11-23-10-6-18-30-23)27-20-12-16-29(17-13-20)21-7-3-4-8-21;/h6,10,18,20-22H,2-5,7-9,11-17,19H2,1H3,(H2,25,26,27);1H. The fraction of sp³-hybridized carbons (Fsp3) is 0.792. The number of hydrogen-bond donors (Lipinski definition) is 2. The van der Waals surface area contributed by atoms with E-state index < -0.39 is 0 Å². The lowest BCUT2D eigenvalue weighted by molar-refractivity contribution is 0.150. The quantitative estimate of drug-likeness (QED) is 0.296. The SMILES string of the molecule is CCN1CCCC1CN=C(NCCc1ccco1)NC1CCN(C2CCCC2)CC1.I. The van der Waals surface area contributed by atoms with Gasteiger partial charge in [-0.05, 0) is 63.7 Å². The molecule has 0 amide bonds. The molecule has 31 heavy (non-hydrogen) atoms. The van der Waals surface area contributed by atoms with Gasteiger partial charge in [0.2, 0.25) is 0 Å². The summed E-state index contributed by atoms with van der Waals surface area (Å²) in [5.74, 6) is 2.02. The molecular weight excluding hydrogens is 501 g/mol. The minimum absolute atomic E-state index is 0. The molecule has 3 fully saturated rings. The van der Waals surface area contributed by atoms with E-state index in [1.807, 2.05) is 12.1 Å². The third-order valence-corrected chi connectivity index (χ3v) is 7.32. The van der Waals surface area contributed by atoms with E-state index >= 15 is 0 Å². The zero-order valence-corrected chi connectivity index (χ0v) is 21.6. The Labute approximate surface area is 205 Å². The fourth-order valence-corrected chi connectivity index (χ4v) is 5.50. The lowest BCUT2D eigenvalue weighted by Gasteiger charge is -2.36. The maximum Gasteiger partial charge on any atom is 0.191 e. The molecule has 0 bridgehead atoms. The lowest BCUT2D eigenvalue weighted by atomic mass is 10.0. The number of guanidine groups is 1. The summed E-state index contributed by atoms with van der Waals surface area (Å²) in [5, 5.41) is 7.34. The molecule has 6 nitrogen and oxygen atoms in total. The van der Waals surface area contributed by atoms with Crippen molar-refractivity contribution in [3.63, 3.8) is 0 Å². The molecule has 2 saturated heterocycles. The average molecular weight is 544 g/mol. The maximum absolute atomic E-state index is 5.48. The van der Waals surface area contributed by atoms with Crippen LogP contribution >= 0.6 is 24.0 Å². The van der Waals surface area contributed by atoms with E-state index in [1.165, 1.54) is 71.0 Å². The van der Waals surface area contributed by atoms with Gasteiger partial charge in [-0.2, -0.15) is 0 Å². The molecule has 1 aromatic heterocycles. The Kier molecular flexibility index (Phi) is 10.4. The molecule has 1 unspecified atom stereocenters. The Hall–Kier alpha value is -0.800. The summed E-state index contributed by atoms with van der Waals surface area (Å²) in [6.07, 6.45) is 13.3. The van der Waals surface area contributed by atoms with Gasteiger partial charge in [-0.1, -0.05) is 19.8 Å². The number of aliphatic imine (C=N–C) groups is 1. The average Bonchev–Trinajstić information content (AvgIpc) is 3.55. The highest BCUT2D eigenvalue weighted by Crippen LogP contribution is 2.26. The number of halogens is 1. The third-order valence-electron chi connectivity index (χ3n) is 7.32. The number of nitrogens with one attached hydrogen (secondary N) is 2. The molecule has 4 rings (SSSR count). The topological polar surface area (TPSA) is 56.0 Å². The van der Waals surface area contributed by atoms with Crippen molar-refractivity contribution in [2.75, 3.05) is 39.3 Å². The minimum Gasteiger partial charge on any atom is -0.469 e. The van der Waals surface area contributed by atoms with Crippen LogP contribution in [0, 0.1) is 0 Å². The molecule has 1 aromatic rings. The van der Waals surface area contributed by atoms with E-state index in [0.717, 1.165) is 43.8 Å². The van der Waals surface area contributed by atoms with Crippen LogP contribution in [0.5, 0.6) is 0 Å². The van der Waals surface area contributed by atoms with Crippen LogP contribution in [0.2, 0.25) is 0 Å². The maximum atomic E-state index is 5.48. The van der Waals surface area contributed by atoms with E-state index in [2.05, 4.69) is 27.4 Å². The first-order chi connectivity index (χ1) is 14.8. The van der Waals surface area contributed by atoms with Crippen LogP contribution in [0.4, 0.5) is 0 Å². The summed E-state index contributed by atoms with van der Waals surface area (Å²) in [5.41, 5.74) is 0. The second-order valence-corrected chi connectivity index (χ2v) is 9.26. The molecule has 0 aromatic carbocycles. The van der Waals surface area contributed by atoms with Gasteiger partial charge in [0.25, 0.3) is 0 Å². The van der Waals surface area contributed by atoms with Crippen LogP contribution < -0.4 is 10.6 Å². The summed E-state index contributed by atoms with van der Waals surface area (Å²) < 4.78 is 5.48. The van der Waals surface area contributed by atoms with Gasteiger partial charge in [0, 0.05) is 44.2 Å². The Morgan fingerprint density at radius 1 is 1.10 bits per heavy atom. The van der Waals surface area contributed by atoms with Crippen LogP contribution in [0.15, 0.2) is 27.8 Å². The van der Waals surface area contributed by atoms with E-state index in [4.69, 9.17) is 9.41 Å². The van der Waals surface area contributed by atoms with Crippen molar-refractivity contribution in [2.24, 2.45) is 4.99 Å². The molecule has 2 aliphatic heterocycles. The number of furan rings is 1. The normalized spacial score (nSPS) is 24.4. The summed E-state index contributed by atoms with van der Waals surface area (Å²) in [7, 11) is 0. The van der Waals surface area contributed by atoms with E-state index in [-0.39, 0.29) is 24.0 Å². The van der Waals surface area contributed by atoms with Crippen molar-refractivity contribution in [3.8, 4) is 0 Å². The summed E-state index contributed by atoms with van der Waals surface area (Å²) in [6.45, 7) is 8.83. The monoisotopic (exact) mass is 543 g/mol. The summed E-state index contributed by atoms with van der Waals surface area (Å²) >= 11 is 0. The summed E-state index contributed by atoms with van der Waals surface area (Å²) in [4.78, 5) is 10.3. The lowest BCUT2D eigenvalue weighted by Crippen LogP contribution is -2.50. The van der Waals surface area contributed by atoms with Gasteiger partial charge < -0.3 is 20.0 Å². The minimum atomic E-state index is 0. The first-order valence-corrected chi connectivity index (χ1v) is 12.4. The number of likely N-dealkylation sites (N-methyl/N-ethyl adjacent to an activating group) is 1. The molecule has 1 aliphatic carbocycles. The Bertz CT molecular complexity index is 638. The first-order valence-electron chi connectivity index (χ1n) is 12.4. The molecule has 3 aliphatic rings. The molecule has 3 heterocycles. The van der Waals surface area contributed by atoms with Crippen LogP contribution in [-0.2, 0) is 6.42 Å². The van der Waals surface area contributed by atoms with Crippen LogP contribution in [-0.4, -0.2) is 73.2 Å². The second-order valence-electron chi connectivity index (χ2n) is 9.26. The van der Waals surface area contributed by atoms with Crippen molar-refractivity contribution in [1.82, 2.24) is 20.4 Å². The van der Waals surface area contributed by atoms with Gasteiger partial charge in [-0.15, -0.1) is 24.0 Å². The number of nitrogens with zero attached hydrogens (tertiary/aromatic N) is 3. The van der Waals surface area contributed by atoms with E-state index in [0.29, 0.717) is 12.1 Å². The van der Waals surface area contributed by atoms with Gasteiger partial charge >= 0.3 is 0 Å². The first kappa shape index (κ1) is 24.8. The largest absolute Gasteiger partial charge is 0.469 e. The van der Waals surface area contributed by atoms with Crippen LogP contribution in [0.3, 0.4) is 0 Å². The number of rotatable bonds is 8. The Morgan fingerprint density at radius 3 is 2.61 bits per heavy atom. The van der Waals surface area contributed by atoms with Gasteiger partial charge in [0.1, 0.15) is 5.76 Å². The Morgan fingerprint density at radius 2 is 1.90 bits per heavy atom. The number of piperidine rings is 1. The molecule has 1 atom stereocenters. The molecule has 7 heteroatoms. The molecule has 1 saturated carbocycles. The van der Waals surface area contributed by atoms with Crippen molar-refractivity contribution >= 4 is 29.9 Å². The van der Waals surface area contributed by atoms with Crippen molar-refractivity contribution in [2.45, 2.75) is 82.8 Å². The molecule has 176 valence electrons. The molecule has 2 N–H and O–H groups in total. The predicted octanol–water partition coefficient (Wildman–Crippen LogP) is 3.87. The predicted molar refractivity (Wildman–Crippen MR) is 138 cm³/mol. The zero-order valence-electron chi connectivity index (χ0n) is 19.2. The van der Waals surface area contributed by atoms with Gasteiger partial charge in [-0.25, -0.2) is 0 Å². The van der Waals surface area contributed by atoms with Crippen LogP contribution in [0.1, 0.15) is 64.1 Å². The van der Waals surface area contributed by atoms with Gasteiger partial charge in [-0.3, -0.25) is 9.89 Å². The molecule has 0 spiro atoms. The van der Waals surface area contributed by atoms with Crippen molar-refractivity contribution in [1.29, 1.82) is 0 Å². The van der Waals surface area contributed by atoms with Crippen molar-refractivity contribution in [3.05, 3.63) is 24.2 Å². The van der Waals surface area contributed by atoms with Gasteiger partial charge in [0.15, 0.2) is 5.96 Å². The zero-order chi connectivity index (χ0) is 20.6. The number of likely N-dealkylation sites (tertiary alicyclic amines) is 2. The second kappa shape index (κ2) is 13.0. The fourth-order valence-electron chi connectivity index (χ4n) is 5.50. The highest BCUT2D eigenvalue weighted by molar-refractivity contribution is 14.0. The Balaban J connectivity index is 0.00000272. The van der Waals surface area contributed by atoms with Crippen LogP contribution in [0.25, 0.3) is 0 Å². The third kappa shape index (κ3) is 7.35. The van der Waals surface area contributed by atoms with E-state index in [1.54, 1.807) is 6.26 Å². The molecule has 0 radical (unpaired) electrons. The van der Waals surface area contributed by atoms with Crippen molar-refractivity contribution < 1.29 is 4.42 Å². The van der Waals surface area contributed by atoms with Gasteiger partial charge in [0.05, 0.1) is 12.8 Å².